The van der Waals surface area contributed by atoms with Gasteiger partial charge in [0.1, 0.15) is 0 Å². The first kappa shape index (κ1) is 17.2. The first-order valence-electron chi connectivity index (χ1n) is 9.26. The predicted octanol–water partition coefficient (Wildman–Crippen LogP) is 2.44. The zero-order chi connectivity index (χ0) is 17.9. The number of rotatable bonds is 4. The SMILES string of the molecule is CO[C@H]1CCN(C(=O)c2ccccc2)[C@@H]2CN(Cc3cccnc3)C[C@H]12. The Morgan fingerprint density at radius 3 is 2.77 bits per heavy atom. The summed E-state index contributed by atoms with van der Waals surface area (Å²) >= 11 is 0. The number of likely N-dealkylation sites (tertiary alicyclic amines) is 2. The largest absolute Gasteiger partial charge is 0.381 e. The number of nitrogens with zero attached hydrogens (tertiary/aromatic N) is 3. The smallest absolute Gasteiger partial charge is 0.254 e. The minimum Gasteiger partial charge on any atom is -0.381 e. The number of ether oxygens (including phenoxy) is 1. The normalized spacial score (nSPS) is 25.9. The predicted molar refractivity (Wildman–Crippen MR) is 99.7 cm³/mol. The summed E-state index contributed by atoms with van der Waals surface area (Å²) in [6.45, 7) is 3.47. The Morgan fingerprint density at radius 1 is 1.19 bits per heavy atom. The molecule has 0 unspecified atom stereocenters. The van der Waals surface area contributed by atoms with Crippen LogP contribution in [0.15, 0.2) is 54.9 Å². The van der Waals surface area contributed by atoms with E-state index in [2.05, 4.69) is 20.9 Å². The molecule has 3 atom stereocenters. The zero-order valence-corrected chi connectivity index (χ0v) is 15.1. The molecule has 2 aliphatic rings. The molecule has 5 heteroatoms. The van der Waals surface area contributed by atoms with Gasteiger partial charge < -0.3 is 9.64 Å². The number of methoxy groups -OCH3 is 1. The van der Waals surface area contributed by atoms with Crippen molar-refractivity contribution in [1.29, 1.82) is 0 Å². The first-order valence-corrected chi connectivity index (χ1v) is 9.26. The highest BCUT2D eigenvalue weighted by molar-refractivity contribution is 5.94. The fourth-order valence-electron chi connectivity index (χ4n) is 4.41. The van der Waals surface area contributed by atoms with Crippen LogP contribution in [0.25, 0.3) is 0 Å². The number of piperidine rings is 1. The molecule has 1 amide bonds. The van der Waals surface area contributed by atoms with Crippen LogP contribution in [-0.4, -0.2) is 59.6 Å². The van der Waals surface area contributed by atoms with Gasteiger partial charge >= 0.3 is 0 Å². The molecule has 2 aromatic rings. The van der Waals surface area contributed by atoms with E-state index in [-0.39, 0.29) is 18.1 Å². The molecule has 4 rings (SSSR count). The number of hydrogen-bond acceptors (Lipinski definition) is 4. The van der Waals surface area contributed by atoms with Gasteiger partial charge in [-0.25, -0.2) is 0 Å². The summed E-state index contributed by atoms with van der Waals surface area (Å²) in [7, 11) is 1.79. The number of hydrogen-bond donors (Lipinski definition) is 0. The van der Waals surface area contributed by atoms with Crippen LogP contribution in [0.4, 0.5) is 0 Å². The topological polar surface area (TPSA) is 45.7 Å². The first-order chi connectivity index (χ1) is 12.8. The highest BCUT2D eigenvalue weighted by Gasteiger charge is 2.46. The molecule has 5 nitrogen and oxygen atoms in total. The fourth-order valence-corrected chi connectivity index (χ4v) is 4.41. The Balaban J connectivity index is 1.53. The summed E-state index contributed by atoms with van der Waals surface area (Å²) < 4.78 is 5.76. The van der Waals surface area contributed by atoms with E-state index in [1.807, 2.05) is 42.6 Å². The van der Waals surface area contributed by atoms with Gasteiger partial charge in [-0.15, -0.1) is 0 Å². The molecule has 0 aliphatic carbocycles. The molecule has 2 aliphatic heterocycles. The van der Waals surface area contributed by atoms with Crippen molar-refractivity contribution in [2.75, 3.05) is 26.7 Å². The molecule has 2 fully saturated rings. The highest BCUT2D eigenvalue weighted by atomic mass is 16.5. The second-order valence-electron chi connectivity index (χ2n) is 7.21. The van der Waals surface area contributed by atoms with Crippen molar-refractivity contribution in [3.05, 3.63) is 66.0 Å². The summed E-state index contributed by atoms with van der Waals surface area (Å²) in [6, 6.07) is 13.9. The van der Waals surface area contributed by atoms with Gasteiger partial charge in [0, 0.05) is 57.2 Å². The Hall–Kier alpha value is -2.24. The van der Waals surface area contributed by atoms with E-state index in [9.17, 15) is 4.79 Å². The Kier molecular flexibility index (Phi) is 5.00. The zero-order valence-electron chi connectivity index (χ0n) is 15.1. The highest BCUT2D eigenvalue weighted by Crippen LogP contribution is 2.34. The van der Waals surface area contributed by atoms with Crippen LogP contribution < -0.4 is 0 Å². The molecular formula is C21H25N3O2. The third-order valence-electron chi connectivity index (χ3n) is 5.65. The maximum Gasteiger partial charge on any atom is 0.254 e. The lowest BCUT2D eigenvalue weighted by Crippen LogP contribution is -2.53. The van der Waals surface area contributed by atoms with Gasteiger partial charge in [0.25, 0.3) is 5.91 Å². The second-order valence-corrected chi connectivity index (χ2v) is 7.21. The molecular weight excluding hydrogens is 326 g/mol. The molecule has 1 aromatic heterocycles. The van der Waals surface area contributed by atoms with E-state index >= 15 is 0 Å². The average Bonchev–Trinajstić information content (AvgIpc) is 3.11. The summed E-state index contributed by atoms with van der Waals surface area (Å²) in [4.78, 5) is 21.8. The van der Waals surface area contributed by atoms with Crippen molar-refractivity contribution < 1.29 is 9.53 Å². The van der Waals surface area contributed by atoms with Crippen LogP contribution in [0, 0.1) is 5.92 Å². The van der Waals surface area contributed by atoms with Crippen LogP contribution in [0.5, 0.6) is 0 Å². The standard InChI is InChI=1S/C21H25N3O2/c1-26-20-9-11-24(21(25)17-7-3-2-4-8-17)19-15-23(14-18(19)20)13-16-6-5-10-22-12-16/h2-8,10,12,18-20H,9,11,13-15H2,1H3/t18-,19+,20-/m0/s1. The van der Waals surface area contributed by atoms with E-state index in [0.29, 0.717) is 5.92 Å². The van der Waals surface area contributed by atoms with E-state index in [0.717, 1.165) is 38.2 Å². The van der Waals surface area contributed by atoms with Crippen molar-refractivity contribution in [3.63, 3.8) is 0 Å². The van der Waals surface area contributed by atoms with Gasteiger partial charge in [0.15, 0.2) is 0 Å². The third-order valence-corrected chi connectivity index (χ3v) is 5.65. The number of pyridine rings is 1. The summed E-state index contributed by atoms with van der Waals surface area (Å²) in [6.07, 6.45) is 4.84. The molecule has 0 N–H and O–H groups in total. The number of fused-ring (bicyclic) bond motifs is 1. The van der Waals surface area contributed by atoms with Crippen molar-refractivity contribution in [2.45, 2.75) is 25.1 Å². The van der Waals surface area contributed by atoms with Gasteiger partial charge in [-0.05, 0) is 30.2 Å². The van der Waals surface area contributed by atoms with E-state index in [1.54, 1.807) is 13.3 Å². The monoisotopic (exact) mass is 351 g/mol. The van der Waals surface area contributed by atoms with Crippen molar-refractivity contribution in [2.24, 2.45) is 5.92 Å². The van der Waals surface area contributed by atoms with Gasteiger partial charge in [-0.1, -0.05) is 24.3 Å². The Morgan fingerprint density at radius 2 is 2.04 bits per heavy atom. The number of carbonyl (C=O) groups excluding carboxylic acids is 1. The lowest BCUT2D eigenvalue weighted by atomic mass is 9.88. The molecule has 0 saturated carbocycles. The lowest BCUT2D eigenvalue weighted by molar-refractivity contribution is -0.0156. The molecule has 1 aromatic carbocycles. The fraction of sp³-hybridized carbons (Fsp3) is 0.429. The van der Waals surface area contributed by atoms with E-state index in [4.69, 9.17) is 4.74 Å². The van der Waals surface area contributed by atoms with Crippen LogP contribution >= 0.6 is 0 Å². The van der Waals surface area contributed by atoms with E-state index in [1.165, 1.54) is 5.56 Å². The van der Waals surface area contributed by atoms with Crippen molar-refractivity contribution >= 4 is 5.91 Å². The number of amides is 1. The molecule has 26 heavy (non-hydrogen) atoms. The summed E-state index contributed by atoms with van der Waals surface area (Å²) in [5.74, 6) is 0.497. The van der Waals surface area contributed by atoms with Crippen LogP contribution in [0.2, 0.25) is 0 Å². The van der Waals surface area contributed by atoms with Crippen molar-refractivity contribution in [1.82, 2.24) is 14.8 Å². The average molecular weight is 351 g/mol. The maximum atomic E-state index is 13.1. The molecule has 2 saturated heterocycles. The van der Waals surface area contributed by atoms with Crippen LogP contribution in [0.3, 0.4) is 0 Å². The van der Waals surface area contributed by atoms with E-state index < -0.39 is 0 Å². The lowest BCUT2D eigenvalue weighted by Gasteiger charge is -2.41. The molecule has 0 bridgehead atoms. The molecule has 0 radical (unpaired) electrons. The minimum atomic E-state index is 0.137. The Labute approximate surface area is 154 Å². The molecule has 3 heterocycles. The summed E-state index contributed by atoms with van der Waals surface area (Å²) in [5.41, 5.74) is 1.98. The van der Waals surface area contributed by atoms with Gasteiger partial charge in [-0.2, -0.15) is 0 Å². The Bertz CT molecular complexity index is 737. The minimum absolute atomic E-state index is 0.137. The number of aromatic nitrogens is 1. The number of carbonyl (C=O) groups is 1. The van der Waals surface area contributed by atoms with Gasteiger partial charge in [0.2, 0.25) is 0 Å². The third kappa shape index (κ3) is 3.37. The van der Waals surface area contributed by atoms with Crippen LogP contribution in [-0.2, 0) is 11.3 Å². The second kappa shape index (κ2) is 7.56. The molecule has 136 valence electrons. The van der Waals surface area contributed by atoms with Gasteiger partial charge in [-0.3, -0.25) is 14.7 Å². The maximum absolute atomic E-state index is 13.1. The number of benzene rings is 1. The quantitative estimate of drug-likeness (QED) is 0.849. The molecule has 0 spiro atoms. The van der Waals surface area contributed by atoms with Crippen LogP contribution in [0.1, 0.15) is 22.3 Å². The van der Waals surface area contributed by atoms with Gasteiger partial charge in [0.05, 0.1) is 12.1 Å². The van der Waals surface area contributed by atoms with Crippen molar-refractivity contribution in [3.8, 4) is 0 Å². The summed E-state index contributed by atoms with van der Waals surface area (Å²) in [5, 5.41) is 0.